The molecule has 0 aromatic heterocycles. The first-order valence-electron chi connectivity index (χ1n) is 10.4. The van der Waals surface area contributed by atoms with E-state index in [-0.39, 0.29) is 18.9 Å². The predicted octanol–water partition coefficient (Wildman–Crippen LogP) is 3.15. The first-order valence-corrected chi connectivity index (χ1v) is 10.4. The summed E-state index contributed by atoms with van der Waals surface area (Å²) in [5, 5.41) is 14.7. The number of nitrogens with one attached hydrogen (secondary N) is 2. The Hall–Kier alpha value is -3.55. The minimum absolute atomic E-state index is 0.0396. The number of carboxylic acid groups (broad SMARTS) is 1. The molecule has 0 saturated carbocycles. The molecule has 2 aromatic carbocycles. The lowest BCUT2D eigenvalue weighted by Gasteiger charge is -2.23. The standard InChI is InChI=1S/C24H30N2O6/c1-16(2)13-19(26-24(30)32-15-17-9-5-4-6-10-17)22(27)25-20(23(28)29)14-18-11-7-8-12-21(18)31-3/h4-12,16,19-20H,13-15H2,1-3H3,(H,25,27)(H,26,30)(H,28,29)/t19-,20+/m0/s1. The Labute approximate surface area is 187 Å². The molecule has 3 N–H and O–H groups in total. The average molecular weight is 443 g/mol. The molecule has 2 rings (SSSR count). The normalized spacial score (nSPS) is 12.5. The maximum atomic E-state index is 12.9. The van der Waals surface area contributed by atoms with Crippen LogP contribution in [0.4, 0.5) is 4.79 Å². The van der Waals surface area contributed by atoms with Crippen molar-refractivity contribution < 1.29 is 29.0 Å². The summed E-state index contributed by atoms with van der Waals surface area (Å²) in [6.45, 7) is 3.87. The number of hydrogen-bond donors (Lipinski definition) is 3. The van der Waals surface area contributed by atoms with Crippen molar-refractivity contribution >= 4 is 18.0 Å². The van der Waals surface area contributed by atoms with Gasteiger partial charge in [0.2, 0.25) is 5.91 Å². The highest BCUT2D eigenvalue weighted by Gasteiger charge is 2.28. The Morgan fingerprint density at radius 2 is 1.59 bits per heavy atom. The molecule has 32 heavy (non-hydrogen) atoms. The summed E-state index contributed by atoms with van der Waals surface area (Å²) in [6.07, 6.45) is -0.378. The number of carboxylic acids is 1. The monoisotopic (exact) mass is 442 g/mol. The van der Waals surface area contributed by atoms with Gasteiger partial charge in [-0.1, -0.05) is 62.4 Å². The second-order valence-electron chi connectivity index (χ2n) is 7.80. The van der Waals surface area contributed by atoms with Crippen molar-refractivity contribution in [2.75, 3.05) is 7.11 Å². The molecule has 0 radical (unpaired) electrons. The lowest BCUT2D eigenvalue weighted by Crippen LogP contribution is -2.52. The third-order valence-electron chi connectivity index (χ3n) is 4.76. The lowest BCUT2D eigenvalue weighted by atomic mass is 10.0. The van der Waals surface area contributed by atoms with Gasteiger partial charge in [-0.05, 0) is 29.5 Å². The third kappa shape index (κ3) is 7.94. The third-order valence-corrected chi connectivity index (χ3v) is 4.76. The van der Waals surface area contributed by atoms with Crippen LogP contribution < -0.4 is 15.4 Å². The van der Waals surface area contributed by atoms with Gasteiger partial charge in [-0.25, -0.2) is 9.59 Å². The van der Waals surface area contributed by atoms with E-state index in [2.05, 4.69) is 10.6 Å². The van der Waals surface area contributed by atoms with Gasteiger partial charge in [-0.2, -0.15) is 0 Å². The molecule has 172 valence electrons. The van der Waals surface area contributed by atoms with Crippen LogP contribution in [0.15, 0.2) is 54.6 Å². The fourth-order valence-electron chi connectivity index (χ4n) is 3.17. The van der Waals surface area contributed by atoms with Crippen molar-refractivity contribution in [1.82, 2.24) is 10.6 Å². The number of alkyl carbamates (subject to hydrolysis) is 1. The molecule has 0 saturated heterocycles. The molecule has 0 aliphatic carbocycles. The molecule has 2 amide bonds. The Morgan fingerprint density at radius 3 is 2.22 bits per heavy atom. The number of para-hydroxylation sites is 1. The number of methoxy groups -OCH3 is 1. The number of amides is 2. The maximum absolute atomic E-state index is 12.9. The largest absolute Gasteiger partial charge is 0.496 e. The van der Waals surface area contributed by atoms with Crippen LogP contribution in [0.1, 0.15) is 31.4 Å². The molecule has 0 heterocycles. The molecule has 8 nitrogen and oxygen atoms in total. The lowest BCUT2D eigenvalue weighted by molar-refractivity contribution is -0.142. The van der Waals surface area contributed by atoms with Gasteiger partial charge >= 0.3 is 12.1 Å². The van der Waals surface area contributed by atoms with Crippen LogP contribution in [0.5, 0.6) is 5.75 Å². The first kappa shape index (κ1) is 24.7. The molecule has 0 aliphatic rings. The fourth-order valence-corrected chi connectivity index (χ4v) is 3.17. The van der Waals surface area contributed by atoms with Crippen LogP contribution in [0.25, 0.3) is 0 Å². The molecule has 2 aromatic rings. The molecule has 2 atom stereocenters. The van der Waals surface area contributed by atoms with E-state index < -0.39 is 30.1 Å². The molecule has 0 fully saturated rings. The minimum Gasteiger partial charge on any atom is -0.496 e. The second kappa shape index (κ2) is 12.3. The van der Waals surface area contributed by atoms with E-state index in [1.807, 2.05) is 44.2 Å². The summed E-state index contributed by atoms with van der Waals surface area (Å²) in [4.78, 5) is 36.9. The molecule has 0 spiro atoms. The van der Waals surface area contributed by atoms with Crippen LogP contribution in [-0.2, 0) is 27.4 Å². The van der Waals surface area contributed by atoms with Crippen molar-refractivity contribution in [3.05, 3.63) is 65.7 Å². The van der Waals surface area contributed by atoms with Crippen LogP contribution in [-0.4, -0.2) is 42.3 Å². The van der Waals surface area contributed by atoms with Crippen LogP contribution in [0.3, 0.4) is 0 Å². The first-order chi connectivity index (χ1) is 15.3. The van der Waals surface area contributed by atoms with E-state index in [0.29, 0.717) is 17.7 Å². The molecule has 0 unspecified atom stereocenters. The van der Waals surface area contributed by atoms with E-state index in [1.54, 1.807) is 24.3 Å². The summed E-state index contributed by atoms with van der Waals surface area (Å²) < 4.78 is 10.5. The van der Waals surface area contributed by atoms with E-state index in [9.17, 15) is 19.5 Å². The highest BCUT2D eigenvalue weighted by molar-refractivity contribution is 5.89. The Bertz CT molecular complexity index is 900. The zero-order chi connectivity index (χ0) is 23.5. The van der Waals surface area contributed by atoms with Crippen LogP contribution in [0, 0.1) is 5.92 Å². The van der Waals surface area contributed by atoms with Gasteiger partial charge in [-0.15, -0.1) is 0 Å². The van der Waals surface area contributed by atoms with Crippen LogP contribution in [0.2, 0.25) is 0 Å². The number of hydrogen-bond acceptors (Lipinski definition) is 5. The van der Waals surface area contributed by atoms with Crippen LogP contribution >= 0.6 is 0 Å². The van der Waals surface area contributed by atoms with Gasteiger partial charge in [-0.3, -0.25) is 4.79 Å². The van der Waals surface area contributed by atoms with Gasteiger partial charge in [0.05, 0.1) is 7.11 Å². The van der Waals surface area contributed by atoms with E-state index >= 15 is 0 Å². The van der Waals surface area contributed by atoms with Crippen molar-refractivity contribution in [2.24, 2.45) is 5.92 Å². The van der Waals surface area contributed by atoms with Crippen molar-refractivity contribution in [3.63, 3.8) is 0 Å². The number of rotatable bonds is 11. The molecular weight excluding hydrogens is 412 g/mol. The highest BCUT2D eigenvalue weighted by Crippen LogP contribution is 2.19. The Morgan fingerprint density at radius 1 is 0.938 bits per heavy atom. The summed E-state index contributed by atoms with van der Waals surface area (Å²) in [5.41, 5.74) is 1.47. The molecule has 0 aliphatic heterocycles. The van der Waals surface area contributed by atoms with Crippen molar-refractivity contribution in [2.45, 2.75) is 45.4 Å². The number of aliphatic carboxylic acids is 1. The van der Waals surface area contributed by atoms with Gasteiger partial charge in [0.1, 0.15) is 24.4 Å². The van der Waals surface area contributed by atoms with Crippen molar-refractivity contribution in [1.29, 1.82) is 0 Å². The summed E-state index contributed by atoms with van der Waals surface area (Å²) >= 11 is 0. The maximum Gasteiger partial charge on any atom is 0.408 e. The SMILES string of the molecule is COc1ccccc1C[C@@H](NC(=O)[C@H](CC(C)C)NC(=O)OCc1ccccc1)C(=O)O. The smallest absolute Gasteiger partial charge is 0.408 e. The fraction of sp³-hybridized carbons (Fsp3) is 0.375. The predicted molar refractivity (Wildman–Crippen MR) is 119 cm³/mol. The molecular formula is C24H30N2O6. The topological polar surface area (TPSA) is 114 Å². The van der Waals surface area contributed by atoms with Gasteiger partial charge in [0.25, 0.3) is 0 Å². The Kier molecular flexibility index (Phi) is 9.53. The van der Waals surface area contributed by atoms with Crippen molar-refractivity contribution in [3.8, 4) is 5.75 Å². The second-order valence-corrected chi connectivity index (χ2v) is 7.80. The number of carbonyl (C=O) groups excluding carboxylic acids is 2. The zero-order valence-corrected chi connectivity index (χ0v) is 18.5. The quantitative estimate of drug-likeness (QED) is 0.493. The summed E-state index contributed by atoms with van der Waals surface area (Å²) in [6, 6.07) is 14.1. The van der Waals surface area contributed by atoms with E-state index in [0.717, 1.165) is 5.56 Å². The van der Waals surface area contributed by atoms with Gasteiger partial charge in [0, 0.05) is 6.42 Å². The zero-order valence-electron chi connectivity index (χ0n) is 18.5. The molecule has 8 heteroatoms. The minimum atomic E-state index is -1.18. The average Bonchev–Trinajstić information content (AvgIpc) is 2.77. The number of benzene rings is 2. The summed E-state index contributed by atoms with van der Waals surface area (Å²) in [7, 11) is 1.50. The van der Waals surface area contributed by atoms with Gasteiger partial charge < -0.3 is 25.2 Å². The van der Waals surface area contributed by atoms with Gasteiger partial charge in [0.15, 0.2) is 0 Å². The number of carbonyl (C=O) groups is 3. The summed E-state index contributed by atoms with van der Waals surface area (Å²) in [5.74, 6) is -1.15. The number of ether oxygens (including phenoxy) is 2. The molecule has 0 bridgehead atoms. The van der Waals surface area contributed by atoms with E-state index in [4.69, 9.17) is 9.47 Å². The Balaban J connectivity index is 2.03. The van der Waals surface area contributed by atoms with E-state index in [1.165, 1.54) is 7.11 Å². The highest BCUT2D eigenvalue weighted by atomic mass is 16.5.